The van der Waals surface area contributed by atoms with Crippen LogP contribution in [0.25, 0.3) is 11.0 Å². The third-order valence-corrected chi connectivity index (χ3v) is 4.28. The highest BCUT2D eigenvalue weighted by Gasteiger charge is 2.11. The van der Waals surface area contributed by atoms with E-state index in [1.165, 1.54) is 0 Å². The summed E-state index contributed by atoms with van der Waals surface area (Å²) in [6, 6.07) is 11.1. The second kappa shape index (κ2) is 7.66. The zero-order valence-electron chi connectivity index (χ0n) is 15.3. The Balaban J connectivity index is 1.91. The van der Waals surface area contributed by atoms with Crippen LogP contribution in [0.3, 0.4) is 0 Å². The first-order valence-electron chi connectivity index (χ1n) is 8.80. The Morgan fingerprint density at radius 1 is 1.12 bits per heavy atom. The molecule has 0 saturated carbocycles. The fourth-order valence-corrected chi connectivity index (χ4v) is 2.87. The smallest absolute Gasteiger partial charge is 0.252 e. The van der Waals surface area contributed by atoms with Crippen LogP contribution in [0.1, 0.15) is 37.9 Å². The van der Waals surface area contributed by atoms with Crippen LogP contribution < -0.4 is 10.9 Å². The van der Waals surface area contributed by atoms with E-state index in [1.807, 2.05) is 31.2 Å². The lowest BCUT2D eigenvalue weighted by atomic mass is 10.1. The van der Waals surface area contributed by atoms with Crippen LogP contribution in [0.15, 0.2) is 47.4 Å². The van der Waals surface area contributed by atoms with Crippen LogP contribution in [0.5, 0.6) is 0 Å². The van der Waals surface area contributed by atoms with Crippen molar-refractivity contribution in [3.8, 4) is 0 Å². The zero-order chi connectivity index (χ0) is 18.7. The standard InChI is InChI=1S/C20H24N4O2/c1-13(2)11-24-18(26)9-8-17-10-21-20(23-19(17)24)22-14(3)16-6-4-15(12-25)5-7-16/h4-10,13-14,25H,11-12H2,1-3H3,(H,21,22,23). The second-order valence-electron chi connectivity index (χ2n) is 6.91. The minimum atomic E-state index is -0.0523. The molecular weight excluding hydrogens is 328 g/mol. The SMILES string of the molecule is CC(C)Cn1c(=O)ccc2cnc(NC(C)c3ccc(CO)cc3)nc21. The molecular formula is C20H24N4O2. The molecule has 6 heteroatoms. The molecule has 3 rings (SSSR count). The lowest BCUT2D eigenvalue weighted by Gasteiger charge is -2.16. The topological polar surface area (TPSA) is 80.0 Å². The third kappa shape index (κ3) is 3.91. The first kappa shape index (κ1) is 18.1. The zero-order valence-corrected chi connectivity index (χ0v) is 15.3. The number of fused-ring (bicyclic) bond motifs is 1. The number of aliphatic hydroxyl groups excluding tert-OH is 1. The molecule has 0 aliphatic carbocycles. The molecule has 0 bridgehead atoms. The van der Waals surface area contributed by atoms with Gasteiger partial charge in [-0.15, -0.1) is 0 Å². The van der Waals surface area contributed by atoms with Gasteiger partial charge in [0.15, 0.2) is 0 Å². The van der Waals surface area contributed by atoms with E-state index < -0.39 is 0 Å². The molecule has 6 nitrogen and oxygen atoms in total. The van der Waals surface area contributed by atoms with Crippen LogP contribution in [-0.4, -0.2) is 19.6 Å². The number of hydrogen-bond acceptors (Lipinski definition) is 5. The summed E-state index contributed by atoms with van der Waals surface area (Å²) in [6.45, 7) is 6.81. The van der Waals surface area contributed by atoms with Crippen LogP contribution in [0.4, 0.5) is 5.95 Å². The highest BCUT2D eigenvalue weighted by molar-refractivity contribution is 5.75. The van der Waals surface area contributed by atoms with E-state index in [9.17, 15) is 4.79 Å². The van der Waals surface area contributed by atoms with E-state index in [-0.39, 0.29) is 18.2 Å². The number of aliphatic hydroxyl groups is 1. The minimum absolute atomic E-state index is 0.00539. The molecule has 0 aliphatic rings. The van der Waals surface area contributed by atoms with Crippen molar-refractivity contribution in [1.29, 1.82) is 0 Å². The monoisotopic (exact) mass is 352 g/mol. The summed E-state index contributed by atoms with van der Waals surface area (Å²) in [6.07, 6.45) is 1.74. The molecule has 136 valence electrons. The largest absolute Gasteiger partial charge is 0.392 e. The molecule has 0 amide bonds. The molecule has 2 N–H and O–H groups in total. The first-order valence-corrected chi connectivity index (χ1v) is 8.80. The first-order chi connectivity index (χ1) is 12.5. The van der Waals surface area contributed by atoms with Gasteiger partial charge in [0.2, 0.25) is 5.95 Å². The third-order valence-electron chi connectivity index (χ3n) is 4.28. The number of aromatic nitrogens is 3. The quantitative estimate of drug-likeness (QED) is 0.712. The van der Waals surface area contributed by atoms with Gasteiger partial charge in [-0.3, -0.25) is 9.36 Å². The number of pyridine rings is 1. The van der Waals surface area contributed by atoms with Crippen LogP contribution in [0, 0.1) is 5.92 Å². The van der Waals surface area contributed by atoms with Crippen molar-refractivity contribution in [2.45, 2.75) is 40.0 Å². The number of anilines is 1. The van der Waals surface area contributed by atoms with Crippen molar-refractivity contribution in [2.75, 3.05) is 5.32 Å². The predicted octanol–water partition coefficient (Wildman–Crippen LogP) is 3.11. The normalized spacial score (nSPS) is 12.5. The summed E-state index contributed by atoms with van der Waals surface area (Å²) in [7, 11) is 0. The number of rotatable bonds is 6. The molecule has 0 saturated heterocycles. The molecule has 0 radical (unpaired) electrons. The Morgan fingerprint density at radius 3 is 2.50 bits per heavy atom. The van der Waals surface area contributed by atoms with E-state index in [2.05, 4.69) is 29.1 Å². The van der Waals surface area contributed by atoms with E-state index in [0.717, 1.165) is 16.5 Å². The number of nitrogens with zero attached hydrogens (tertiary/aromatic N) is 3. The van der Waals surface area contributed by atoms with E-state index in [4.69, 9.17) is 5.11 Å². The summed E-state index contributed by atoms with van der Waals surface area (Å²) >= 11 is 0. The molecule has 0 aliphatic heterocycles. The maximum absolute atomic E-state index is 12.2. The van der Waals surface area contributed by atoms with Gasteiger partial charge < -0.3 is 10.4 Å². The van der Waals surface area contributed by atoms with Crippen molar-refractivity contribution < 1.29 is 5.11 Å². The Labute approximate surface area is 152 Å². The number of nitrogens with one attached hydrogen (secondary N) is 1. The molecule has 0 spiro atoms. The van der Waals surface area contributed by atoms with Crippen molar-refractivity contribution in [3.05, 3.63) is 64.1 Å². The minimum Gasteiger partial charge on any atom is -0.392 e. The summed E-state index contributed by atoms with van der Waals surface area (Å²) in [5, 5.41) is 13.3. The lowest BCUT2D eigenvalue weighted by molar-refractivity contribution is 0.282. The predicted molar refractivity (Wildman–Crippen MR) is 103 cm³/mol. The lowest BCUT2D eigenvalue weighted by Crippen LogP contribution is -2.23. The van der Waals surface area contributed by atoms with E-state index >= 15 is 0 Å². The molecule has 2 heterocycles. The highest BCUT2D eigenvalue weighted by Crippen LogP contribution is 2.19. The average molecular weight is 352 g/mol. The van der Waals surface area contributed by atoms with Gasteiger partial charge in [0.1, 0.15) is 5.65 Å². The molecule has 26 heavy (non-hydrogen) atoms. The fourth-order valence-electron chi connectivity index (χ4n) is 2.87. The molecule has 3 aromatic rings. The van der Waals surface area contributed by atoms with Gasteiger partial charge in [-0.25, -0.2) is 4.98 Å². The molecule has 1 aromatic carbocycles. The van der Waals surface area contributed by atoms with Crippen molar-refractivity contribution in [2.24, 2.45) is 5.92 Å². The summed E-state index contributed by atoms with van der Waals surface area (Å²) in [5.41, 5.74) is 2.54. The van der Waals surface area contributed by atoms with Gasteiger partial charge in [-0.05, 0) is 30.0 Å². The number of hydrogen-bond donors (Lipinski definition) is 2. The van der Waals surface area contributed by atoms with Gasteiger partial charge in [-0.1, -0.05) is 38.1 Å². The van der Waals surface area contributed by atoms with Crippen LogP contribution in [-0.2, 0) is 13.2 Å². The fraction of sp³-hybridized carbons (Fsp3) is 0.350. The van der Waals surface area contributed by atoms with Crippen LogP contribution >= 0.6 is 0 Å². The van der Waals surface area contributed by atoms with Gasteiger partial charge in [0, 0.05) is 24.2 Å². The Morgan fingerprint density at radius 2 is 1.85 bits per heavy atom. The van der Waals surface area contributed by atoms with Gasteiger partial charge >= 0.3 is 0 Å². The van der Waals surface area contributed by atoms with E-state index in [0.29, 0.717) is 24.1 Å². The van der Waals surface area contributed by atoms with Gasteiger partial charge in [0.05, 0.1) is 12.6 Å². The summed E-state index contributed by atoms with van der Waals surface area (Å²) in [5.74, 6) is 0.827. The average Bonchev–Trinajstić information content (AvgIpc) is 2.64. The molecule has 0 fully saturated rings. The maximum Gasteiger partial charge on any atom is 0.252 e. The van der Waals surface area contributed by atoms with Crippen LogP contribution in [0.2, 0.25) is 0 Å². The summed E-state index contributed by atoms with van der Waals surface area (Å²) in [4.78, 5) is 21.2. The Hall–Kier alpha value is -2.73. The van der Waals surface area contributed by atoms with Gasteiger partial charge in [-0.2, -0.15) is 4.98 Å². The summed E-state index contributed by atoms with van der Waals surface area (Å²) < 4.78 is 1.70. The van der Waals surface area contributed by atoms with Crippen molar-refractivity contribution in [1.82, 2.24) is 14.5 Å². The molecule has 1 unspecified atom stereocenters. The highest BCUT2D eigenvalue weighted by atomic mass is 16.3. The van der Waals surface area contributed by atoms with E-state index in [1.54, 1.807) is 22.9 Å². The van der Waals surface area contributed by atoms with Crippen molar-refractivity contribution in [3.63, 3.8) is 0 Å². The Kier molecular flexibility index (Phi) is 5.32. The molecule has 1 atom stereocenters. The van der Waals surface area contributed by atoms with Gasteiger partial charge in [0.25, 0.3) is 5.56 Å². The van der Waals surface area contributed by atoms with Crippen molar-refractivity contribution >= 4 is 17.0 Å². The number of benzene rings is 1. The Bertz CT molecular complexity index is 948. The second-order valence-corrected chi connectivity index (χ2v) is 6.91. The maximum atomic E-state index is 12.2. The molecule has 2 aromatic heterocycles.